The van der Waals surface area contributed by atoms with E-state index >= 15 is 0 Å². The summed E-state index contributed by atoms with van der Waals surface area (Å²) >= 11 is 0. The summed E-state index contributed by atoms with van der Waals surface area (Å²) in [5, 5.41) is 3.30. The zero-order valence-corrected chi connectivity index (χ0v) is 12.4. The Kier molecular flexibility index (Phi) is 9.85. The van der Waals surface area contributed by atoms with Gasteiger partial charge in [0.1, 0.15) is 11.6 Å². The summed E-state index contributed by atoms with van der Waals surface area (Å²) < 4.78 is 0. The van der Waals surface area contributed by atoms with Gasteiger partial charge in [-0.15, -0.1) is 0 Å². The molecule has 0 heterocycles. The SMILES string of the molecule is CC(C)NCCCC(=O)CCCCC(=O)C(C)C. The maximum Gasteiger partial charge on any atom is 0.135 e. The fraction of sp³-hybridized carbons (Fsp3) is 0.867. The van der Waals surface area contributed by atoms with Crippen molar-refractivity contribution >= 4 is 11.6 Å². The maximum atomic E-state index is 11.6. The number of hydrogen-bond donors (Lipinski definition) is 1. The molecule has 0 aromatic carbocycles. The molecule has 0 atom stereocenters. The third-order valence-electron chi connectivity index (χ3n) is 2.96. The molecule has 0 radical (unpaired) electrons. The summed E-state index contributed by atoms with van der Waals surface area (Å²) in [6.45, 7) is 8.97. The van der Waals surface area contributed by atoms with E-state index < -0.39 is 0 Å². The predicted molar refractivity (Wildman–Crippen MR) is 75.7 cm³/mol. The van der Waals surface area contributed by atoms with Crippen LogP contribution in [0.15, 0.2) is 0 Å². The molecular formula is C15H29NO2. The first kappa shape index (κ1) is 17.3. The smallest absolute Gasteiger partial charge is 0.135 e. The maximum absolute atomic E-state index is 11.6. The van der Waals surface area contributed by atoms with Gasteiger partial charge in [-0.25, -0.2) is 0 Å². The fourth-order valence-corrected chi connectivity index (χ4v) is 1.71. The van der Waals surface area contributed by atoms with E-state index in [0.29, 0.717) is 36.9 Å². The van der Waals surface area contributed by atoms with Gasteiger partial charge in [-0.3, -0.25) is 9.59 Å². The van der Waals surface area contributed by atoms with Crippen LogP contribution in [0.5, 0.6) is 0 Å². The largest absolute Gasteiger partial charge is 0.315 e. The van der Waals surface area contributed by atoms with Crippen LogP contribution in [0.3, 0.4) is 0 Å². The number of Topliss-reactive ketones (excluding diaryl/α,β-unsaturated/α-hetero) is 2. The third kappa shape index (κ3) is 10.5. The lowest BCUT2D eigenvalue weighted by Crippen LogP contribution is -2.24. The Hall–Kier alpha value is -0.700. The lowest BCUT2D eigenvalue weighted by Gasteiger charge is -2.07. The van der Waals surface area contributed by atoms with Gasteiger partial charge in [-0.2, -0.15) is 0 Å². The first-order valence-electron chi connectivity index (χ1n) is 7.21. The third-order valence-corrected chi connectivity index (χ3v) is 2.96. The number of carbonyl (C=O) groups is 2. The van der Waals surface area contributed by atoms with Crippen molar-refractivity contribution in [1.29, 1.82) is 0 Å². The zero-order chi connectivity index (χ0) is 14.0. The van der Waals surface area contributed by atoms with Gasteiger partial charge in [-0.1, -0.05) is 27.7 Å². The molecule has 0 unspecified atom stereocenters. The average Bonchev–Trinajstić information content (AvgIpc) is 2.29. The summed E-state index contributed by atoms with van der Waals surface area (Å²) in [6, 6.07) is 0.488. The Morgan fingerprint density at radius 2 is 1.44 bits per heavy atom. The van der Waals surface area contributed by atoms with E-state index in [1.54, 1.807) is 0 Å². The van der Waals surface area contributed by atoms with Gasteiger partial charge in [0.25, 0.3) is 0 Å². The highest BCUT2D eigenvalue weighted by atomic mass is 16.1. The van der Waals surface area contributed by atoms with Gasteiger partial charge in [-0.05, 0) is 25.8 Å². The molecule has 3 heteroatoms. The van der Waals surface area contributed by atoms with Gasteiger partial charge in [0, 0.05) is 31.2 Å². The second-order valence-corrected chi connectivity index (χ2v) is 5.58. The summed E-state index contributed by atoms with van der Waals surface area (Å²) in [7, 11) is 0. The highest BCUT2D eigenvalue weighted by Crippen LogP contribution is 2.07. The molecule has 0 bridgehead atoms. The molecule has 0 spiro atoms. The number of unbranched alkanes of at least 4 members (excludes halogenated alkanes) is 1. The molecule has 3 nitrogen and oxygen atoms in total. The Morgan fingerprint density at radius 1 is 0.889 bits per heavy atom. The molecule has 0 aromatic heterocycles. The normalized spacial score (nSPS) is 11.2. The van der Waals surface area contributed by atoms with Crippen molar-refractivity contribution in [3.05, 3.63) is 0 Å². The number of nitrogens with one attached hydrogen (secondary N) is 1. The van der Waals surface area contributed by atoms with Crippen LogP contribution < -0.4 is 5.32 Å². The highest BCUT2D eigenvalue weighted by molar-refractivity contribution is 5.80. The average molecular weight is 255 g/mol. The minimum Gasteiger partial charge on any atom is -0.315 e. The van der Waals surface area contributed by atoms with Crippen LogP contribution >= 0.6 is 0 Å². The number of rotatable bonds is 11. The minimum atomic E-state index is 0.128. The first-order chi connectivity index (χ1) is 8.43. The van der Waals surface area contributed by atoms with E-state index in [1.807, 2.05) is 13.8 Å². The predicted octanol–water partition coefficient (Wildman–Crippen LogP) is 3.12. The lowest BCUT2D eigenvalue weighted by atomic mass is 10.0. The van der Waals surface area contributed by atoms with E-state index in [2.05, 4.69) is 19.2 Å². The molecular weight excluding hydrogens is 226 g/mol. The second kappa shape index (κ2) is 10.2. The van der Waals surface area contributed by atoms with Gasteiger partial charge in [0.05, 0.1) is 0 Å². The second-order valence-electron chi connectivity index (χ2n) is 5.58. The molecule has 0 aliphatic heterocycles. The van der Waals surface area contributed by atoms with Crippen molar-refractivity contribution in [3.63, 3.8) is 0 Å². The van der Waals surface area contributed by atoms with E-state index in [1.165, 1.54) is 0 Å². The molecule has 106 valence electrons. The van der Waals surface area contributed by atoms with Gasteiger partial charge < -0.3 is 5.32 Å². The summed E-state index contributed by atoms with van der Waals surface area (Å²) in [5.74, 6) is 0.768. The van der Waals surface area contributed by atoms with Crippen LogP contribution in [0.1, 0.15) is 66.2 Å². The fourth-order valence-electron chi connectivity index (χ4n) is 1.71. The minimum absolute atomic E-state index is 0.128. The molecule has 0 saturated heterocycles. The molecule has 1 N–H and O–H groups in total. The molecule has 0 aliphatic carbocycles. The van der Waals surface area contributed by atoms with Crippen molar-refractivity contribution in [2.45, 2.75) is 72.3 Å². The monoisotopic (exact) mass is 255 g/mol. The molecule has 0 fully saturated rings. The van der Waals surface area contributed by atoms with Gasteiger partial charge in [0.15, 0.2) is 0 Å². The molecule has 0 saturated carbocycles. The van der Waals surface area contributed by atoms with Crippen LogP contribution in [-0.2, 0) is 9.59 Å². The number of carbonyl (C=O) groups excluding carboxylic acids is 2. The Labute approximate surface area is 112 Å². The van der Waals surface area contributed by atoms with Crippen LogP contribution in [0.25, 0.3) is 0 Å². The topological polar surface area (TPSA) is 46.2 Å². The van der Waals surface area contributed by atoms with Crippen molar-refractivity contribution < 1.29 is 9.59 Å². The quantitative estimate of drug-likeness (QED) is 0.577. The lowest BCUT2D eigenvalue weighted by molar-refractivity contribution is -0.122. The number of ketones is 2. The molecule has 18 heavy (non-hydrogen) atoms. The molecule has 0 amide bonds. The van der Waals surface area contributed by atoms with E-state index in [0.717, 1.165) is 25.8 Å². The Balaban J connectivity index is 3.40. The van der Waals surface area contributed by atoms with E-state index in [-0.39, 0.29) is 5.92 Å². The summed E-state index contributed by atoms with van der Waals surface area (Å²) in [4.78, 5) is 22.9. The van der Waals surface area contributed by atoms with Crippen molar-refractivity contribution in [3.8, 4) is 0 Å². The standard InChI is InChI=1S/C15H29NO2/c1-12(2)15(18)10-6-5-8-14(17)9-7-11-16-13(3)4/h12-13,16H,5-11H2,1-4H3. The van der Waals surface area contributed by atoms with Crippen LogP contribution in [-0.4, -0.2) is 24.2 Å². The molecule has 0 rings (SSSR count). The highest BCUT2D eigenvalue weighted by Gasteiger charge is 2.07. The summed E-state index contributed by atoms with van der Waals surface area (Å²) in [5.41, 5.74) is 0. The number of hydrogen-bond acceptors (Lipinski definition) is 3. The van der Waals surface area contributed by atoms with Crippen LogP contribution in [0.4, 0.5) is 0 Å². The van der Waals surface area contributed by atoms with Crippen molar-refractivity contribution in [1.82, 2.24) is 5.32 Å². The van der Waals surface area contributed by atoms with Crippen molar-refractivity contribution in [2.75, 3.05) is 6.54 Å². The van der Waals surface area contributed by atoms with Gasteiger partial charge >= 0.3 is 0 Å². The van der Waals surface area contributed by atoms with Crippen LogP contribution in [0.2, 0.25) is 0 Å². The molecule has 0 aromatic rings. The Morgan fingerprint density at radius 3 is 2.00 bits per heavy atom. The summed E-state index contributed by atoms with van der Waals surface area (Å²) in [6.07, 6.45) is 4.55. The van der Waals surface area contributed by atoms with Crippen molar-refractivity contribution in [2.24, 2.45) is 5.92 Å². The Bertz CT molecular complexity index is 247. The zero-order valence-electron chi connectivity index (χ0n) is 12.4. The van der Waals surface area contributed by atoms with Gasteiger partial charge in [0.2, 0.25) is 0 Å². The van der Waals surface area contributed by atoms with E-state index in [4.69, 9.17) is 0 Å². The van der Waals surface area contributed by atoms with Crippen LogP contribution in [0, 0.1) is 5.92 Å². The first-order valence-corrected chi connectivity index (χ1v) is 7.21. The molecule has 0 aliphatic rings. The van der Waals surface area contributed by atoms with E-state index in [9.17, 15) is 9.59 Å².